The molecule has 0 amide bonds. The van der Waals surface area contributed by atoms with Crippen molar-refractivity contribution in [2.45, 2.75) is 64.0 Å². The molecule has 2 aromatic rings. The molecular formula is C28H36N6O. The van der Waals surface area contributed by atoms with Crippen molar-refractivity contribution < 1.29 is 5.11 Å². The largest absolute Gasteiger partial charge is 0.508 e. The van der Waals surface area contributed by atoms with E-state index in [1.165, 1.54) is 64.5 Å². The summed E-state index contributed by atoms with van der Waals surface area (Å²) in [5, 5.41) is 26.5. The quantitative estimate of drug-likeness (QED) is 0.535. The summed E-state index contributed by atoms with van der Waals surface area (Å²) in [4.78, 5) is 11.8. The molecule has 0 radical (unpaired) electrons. The fraction of sp³-hybridized carbons (Fsp3) is 0.607. The lowest BCUT2D eigenvalue weighted by Gasteiger charge is -2.62. The summed E-state index contributed by atoms with van der Waals surface area (Å²) in [6.07, 6.45) is 12.5. The van der Waals surface area contributed by atoms with Crippen molar-refractivity contribution in [2.24, 2.45) is 23.2 Å². The second-order valence-electron chi connectivity index (χ2n) is 11.5. The minimum absolute atomic E-state index is 0.247. The van der Waals surface area contributed by atoms with Crippen LogP contribution in [0.25, 0.3) is 0 Å². The Balaban J connectivity index is 1.14. The Morgan fingerprint density at radius 1 is 1.06 bits per heavy atom. The Morgan fingerprint density at radius 3 is 2.57 bits per heavy atom. The molecule has 1 saturated heterocycles. The van der Waals surface area contributed by atoms with Crippen LogP contribution in [0, 0.1) is 34.5 Å². The van der Waals surface area contributed by atoms with E-state index in [0.717, 1.165) is 35.9 Å². The van der Waals surface area contributed by atoms with Crippen LogP contribution in [0.4, 0.5) is 11.8 Å². The molecule has 2 heterocycles. The van der Waals surface area contributed by atoms with Crippen LogP contribution in [-0.4, -0.2) is 45.7 Å². The first-order valence-corrected chi connectivity index (χ1v) is 13.4. The number of benzene rings is 1. The summed E-state index contributed by atoms with van der Waals surface area (Å²) in [7, 11) is 0. The Hall–Kier alpha value is -2.85. The molecule has 4 bridgehead atoms. The Morgan fingerprint density at radius 2 is 1.83 bits per heavy atom. The predicted molar refractivity (Wildman–Crippen MR) is 136 cm³/mol. The maximum atomic E-state index is 10.0. The van der Waals surface area contributed by atoms with E-state index in [0.29, 0.717) is 29.3 Å². The second-order valence-corrected chi connectivity index (χ2v) is 11.5. The van der Waals surface area contributed by atoms with Gasteiger partial charge in [-0.15, -0.1) is 0 Å². The van der Waals surface area contributed by atoms with Crippen LogP contribution in [0.15, 0.2) is 30.5 Å². The number of hydrogen-bond acceptors (Lipinski definition) is 7. The minimum atomic E-state index is 0.247. The van der Waals surface area contributed by atoms with E-state index in [1.807, 2.05) is 12.1 Å². The van der Waals surface area contributed by atoms with Crippen molar-refractivity contribution >= 4 is 11.8 Å². The Kier molecular flexibility index (Phi) is 6.01. The number of phenols is 1. The number of likely N-dealkylation sites (tertiary alicyclic amines) is 1. The predicted octanol–water partition coefficient (Wildman–Crippen LogP) is 4.76. The molecule has 7 rings (SSSR count). The molecule has 3 unspecified atom stereocenters. The number of phenolic OH excluding ortho intramolecular Hbond substituents is 1. The number of para-hydroxylation sites is 1. The fourth-order valence-electron chi connectivity index (χ4n) is 7.98. The van der Waals surface area contributed by atoms with Gasteiger partial charge in [-0.25, -0.2) is 4.98 Å². The smallest absolute Gasteiger partial charge is 0.224 e. The maximum Gasteiger partial charge on any atom is 0.224 e. The summed E-state index contributed by atoms with van der Waals surface area (Å²) in [6.45, 7) is 3.91. The SMILES string of the molecule is N#Cc1cnc(NCc2ccccc2O)nc1NCC12CC3C[C@H](C1)C(N1CCCCC1)[C@@H](C3)C2. The fourth-order valence-corrected chi connectivity index (χ4v) is 7.98. The molecule has 7 heteroatoms. The number of anilines is 2. The molecular weight excluding hydrogens is 436 g/mol. The van der Waals surface area contributed by atoms with E-state index >= 15 is 0 Å². The molecule has 3 N–H and O–H groups in total. The topological polar surface area (TPSA) is 97.1 Å². The molecule has 5 aliphatic rings. The van der Waals surface area contributed by atoms with Gasteiger partial charge in [0.25, 0.3) is 0 Å². The molecule has 4 aliphatic carbocycles. The zero-order valence-corrected chi connectivity index (χ0v) is 20.4. The molecule has 1 aliphatic heterocycles. The number of rotatable bonds is 7. The second kappa shape index (κ2) is 9.31. The lowest BCUT2D eigenvalue weighted by atomic mass is 9.47. The standard InChI is InChI=1S/C28H36N6O/c29-15-23-17-31-27(30-16-20-6-2-3-7-24(20)35)33-26(23)32-18-28-12-19-10-21(13-28)25(22(11-19)14-28)34-8-4-1-5-9-34/h2-3,6-7,17,19,21-22,25,35H,1,4-5,8-14,16,18H2,(H2,30,31,32,33)/t19?,21-,22+,25?,28?. The van der Waals surface area contributed by atoms with Gasteiger partial charge in [-0.2, -0.15) is 10.2 Å². The van der Waals surface area contributed by atoms with Crippen molar-refractivity contribution in [3.05, 3.63) is 41.6 Å². The molecule has 1 aromatic carbocycles. The molecule has 1 aromatic heterocycles. The normalized spacial score (nSPS) is 31.7. The first kappa shape index (κ1) is 22.6. The van der Waals surface area contributed by atoms with Crippen molar-refractivity contribution in [3.63, 3.8) is 0 Å². The minimum Gasteiger partial charge on any atom is -0.508 e. The van der Waals surface area contributed by atoms with E-state index in [2.05, 4.69) is 31.6 Å². The van der Waals surface area contributed by atoms with E-state index in [4.69, 9.17) is 0 Å². The van der Waals surface area contributed by atoms with Crippen molar-refractivity contribution in [1.29, 1.82) is 5.26 Å². The lowest BCUT2D eigenvalue weighted by Crippen LogP contribution is -2.61. The maximum absolute atomic E-state index is 10.0. The van der Waals surface area contributed by atoms with Crippen LogP contribution < -0.4 is 10.6 Å². The van der Waals surface area contributed by atoms with Gasteiger partial charge in [-0.1, -0.05) is 24.6 Å². The van der Waals surface area contributed by atoms with Gasteiger partial charge in [-0.05, 0) is 87.3 Å². The average molecular weight is 473 g/mol. The van der Waals surface area contributed by atoms with Crippen LogP contribution in [-0.2, 0) is 6.54 Å². The van der Waals surface area contributed by atoms with Crippen molar-refractivity contribution in [2.75, 3.05) is 30.3 Å². The van der Waals surface area contributed by atoms with Gasteiger partial charge >= 0.3 is 0 Å². The summed E-state index contributed by atoms with van der Waals surface area (Å²) in [5.74, 6) is 3.86. The van der Waals surface area contributed by atoms with Gasteiger partial charge < -0.3 is 15.7 Å². The highest BCUT2D eigenvalue weighted by atomic mass is 16.3. The number of nitrogens with zero attached hydrogens (tertiary/aromatic N) is 4. The zero-order chi connectivity index (χ0) is 23.8. The highest BCUT2D eigenvalue weighted by Crippen LogP contribution is 2.61. The number of nitriles is 1. The highest BCUT2D eigenvalue weighted by molar-refractivity contribution is 5.53. The summed E-state index contributed by atoms with van der Waals surface area (Å²) < 4.78 is 0. The van der Waals surface area contributed by atoms with Gasteiger partial charge in [-0.3, -0.25) is 4.90 Å². The van der Waals surface area contributed by atoms with Gasteiger partial charge in [0.2, 0.25) is 5.95 Å². The molecule has 7 nitrogen and oxygen atoms in total. The number of aromatic hydroxyl groups is 1. The molecule has 0 spiro atoms. The summed E-state index contributed by atoms with van der Waals surface area (Å²) in [5.41, 5.74) is 1.59. The molecule has 5 fully saturated rings. The first-order valence-electron chi connectivity index (χ1n) is 13.4. The zero-order valence-electron chi connectivity index (χ0n) is 20.4. The van der Waals surface area contributed by atoms with E-state index in [9.17, 15) is 10.4 Å². The van der Waals surface area contributed by atoms with Crippen molar-refractivity contribution in [1.82, 2.24) is 14.9 Å². The highest BCUT2D eigenvalue weighted by Gasteiger charge is 2.56. The molecule has 5 atom stereocenters. The monoisotopic (exact) mass is 472 g/mol. The third-order valence-corrected chi connectivity index (χ3v) is 9.13. The van der Waals surface area contributed by atoms with Gasteiger partial charge in [0.15, 0.2) is 0 Å². The molecule has 4 saturated carbocycles. The van der Waals surface area contributed by atoms with Gasteiger partial charge in [0.1, 0.15) is 23.2 Å². The lowest BCUT2D eigenvalue weighted by molar-refractivity contribution is -0.110. The van der Waals surface area contributed by atoms with Crippen LogP contribution in [0.5, 0.6) is 5.75 Å². The van der Waals surface area contributed by atoms with E-state index < -0.39 is 0 Å². The first-order chi connectivity index (χ1) is 17.1. The molecule has 35 heavy (non-hydrogen) atoms. The van der Waals surface area contributed by atoms with E-state index in [-0.39, 0.29) is 5.75 Å². The number of piperidine rings is 1. The van der Waals surface area contributed by atoms with E-state index in [1.54, 1.807) is 18.3 Å². The number of hydrogen-bond donors (Lipinski definition) is 3. The van der Waals surface area contributed by atoms with Crippen LogP contribution in [0.3, 0.4) is 0 Å². The number of nitrogens with one attached hydrogen (secondary N) is 2. The average Bonchev–Trinajstić information content (AvgIpc) is 2.87. The van der Waals surface area contributed by atoms with Gasteiger partial charge in [0, 0.05) is 24.7 Å². The third-order valence-electron chi connectivity index (χ3n) is 9.13. The number of aromatic nitrogens is 2. The summed E-state index contributed by atoms with van der Waals surface area (Å²) in [6, 6.07) is 10.3. The summed E-state index contributed by atoms with van der Waals surface area (Å²) >= 11 is 0. The molecule has 184 valence electrons. The van der Waals surface area contributed by atoms with Crippen LogP contribution in [0.1, 0.15) is 62.5 Å². The third kappa shape index (κ3) is 4.45. The van der Waals surface area contributed by atoms with Gasteiger partial charge in [0.05, 0.1) is 6.20 Å². The van der Waals surface area contributed by atoms with Crippen LogP contribution >= 0.6 is 0 Å². The van der Waals surface area contributed by atoms with Crippen LogP contribution in [0.2, 0.25) is 0 Å². The Bertz CT molecular complexity index is 1090. The van der Waals surface area contributed by atoms with Crippen molar-refractivity contribution in [3.8, 4) is 11.8 Å². The Labute approximate surface area is 208 Å².